The molecule has 1 aliphatic rings. The Morgan fingerprint density at radius 1 is 0.929 bits per heavy atom. The highest BCUT2D eigenvalue weighted by molar-refractivity contribution is 6.33. The molecule has 3 aromatic rings. The van der Waals surface area contributed by atoms with Crippen LogP contribution in [0.15, 0.2) is 71.7 Å². The highest BCUT2D eigenvalue weighted by Crippen LogP contribution is 2.33. The van der Waals surface area contributed by atoms with E-state index in [-0.39, 0.29) is 5.82 Å². The molecule has 0 saturated heterocycles. The van der Waals surface area contributed by atoms with Crippen molar-refractivity contribution < 1.29 is 4.39 Å². The van der Waals surface area contributed by atoms with Gasteiger partial charge in [-0.3, -0.25) is 4.99 Å². The monoisotopic (exact) mass is 392 g/mol. The van der Waals surface area contributed by atoms with Crippen molar-refractivity contribution in [3.8, 4) is 11.1 Å². The molecule has 0 aliphatic carbocycles. The number of nitrogens with one attached hydrogen (secondary N) is 1. The molecule has 0 spiro atoms. The predicted molar refractivity (Wildman–Crippen MR) is 115 cm³/mol. The first-order valence-electron chi connectivity index (χ1n) is 9.57. The molecule has 0 fully saturated rings. The Labute approximate surface area is 170 Å². The van der Waals surface area contributed by atoms with Crippen LogP contribution in [-0.4, -0.2) is 18.9 Å². The van der Waals surface area contributed by atoms with Gasteiger partial charge >= 0.3 is 0 Å². The van der Waals surface area contributed by atoms with Gasteiger partial charge in [-0.15, -0.1) is 0 Å². The smallest absolute Gasteiger partial charge is 0.123 e. The first-order valence-corrected chi connectivity index (χ1v) is 9.95. The van der Waals surface area contributed by atoms with Crippen molar-refractivity contribution in [2.24, 2.45) is 4.99 Å². The zero-order valence-corrected chi connectivity index (χ0v) is 16.3. The molecule has 0 radical (unpaired) electrons. The maximum atomic E-state index is 13.2. The Bertz CT molecular complexity index is 996. The summed E-state index contributed by atoms with van der Waals surface area (Å²) in [4.78, 5) is 4.60. The SMILES string of the molecule is Fc1ccc(Cc2cccc(-c3c(Cl)cccc3CC3=NCCCN3)c2)cc1. The Hall–Kier alpha value is -2.65. The van der Waals surface area contributed by atoms with Gasteiger partial charge in [-0.25, -0.2) is 4.39 Å². The fraction of sp³-hybridized carbons (Fsp3) is 0.208. The van der Waals surface area contributed by atoms with E-state index in [1.165, 1.54) is 23.3 Å². The van der Waals surface area contributed by atoms with Crippen molar-refractivity contribution in [1.29, 1.82) is 0 Å². The fourth-order valence-electron chi connectivity index (χ4n) is 3.59. The molecule has 0 unspecified atom stereocenters. The summed E-state index contributed by atoms with van der Waals surface area (Å²) in [6, 6.07) is 21.1. The van der Waals surface area contributed by atoms with Gasteiger partial charge in [0.2, 0.25) is 0 Å². The van der Waals surface area contributed by atoms with Crippen molar-refractivity contribution in [3.63, 3.8) is 0 Å². The molecule has 1 heterocycles. The minimum absolute atomic E-state index is 0.211. The van der Waals surface area contributed by atoms with E-state index in [4.69, 9.17) is 11.6 Å². The van der Waals surface area contributed by atoms with Gasteiger partial charge in [0.05, 0.1) is 0 Å². The maximum absolute atomic E-state index is 13.2. The van der Waals surface area contributed by atoms with Gasteiger partial charge in [-0.2, -0.15) is 0 Å². The van der Waals surface area contributed by atoms with Crippen LogP contribution in [0, 0.1) is 5.82 Å². The van der Waals surface area contributed by atoms with E-state index in [1.807, 2.05) is 24.3 Å². The van der Waals surface area contributed by atoms with Crippen molar-refractivity contribution in [2.45, 2.75) is 19.3 Å². The lowest BCUT2D eigenvalue weighted by Crippen LogP contribution is -2.31. The van der Waals surface area contributed by atoms with E-state index >= 15 is 0 Å². The predicted octanol–water partition coefficient (Wildman–Crippen LogP) is 5.67. The second kappa shape index (κ2) is 8.57. The van der Waals surface area contributed by atoms with Gasteiger partial charge in [0.25, 0.3) is 0 Å². The highest BCUT2D eigenvalue weighted by atomic mass is 35.5. The molecular formula is C24H22ClFN2. The summed E-state index contributed by atoms with van der Waals surface area (Å²) in [6.07, 6.45) is 2.58. The number of hydrogen-bond acceptors (Lipinski definition) is 2. The Kier molecular flexibility index (Phi) is 5.73. The molecule has 1 N–H and O–H groups in total. The van der Waals surface area contributed by atoms with Crippen LogP contribution < -0.4 is 5.32 Å². The van der Waals surface area contributed by atoms with Crippen LogP contribution in [-0.2, 0) is 12.8 Å². The Morgan fingerprint density at radius 3 is 2.54 bits per heavy atom. The molecule has 1 aliphatic heterocycles. The molecule has 2 nitrogen and oxygen atoms in total. The van der Waals surface area contributed by atoms with Crippen LogP contribution in [0.25, 0.3) is 11.1 Å². The number of aliphatic imine (C=N–C) groups is 1. The van der Waals surface area contributed by atoms with Crippen LogP contribution >= 0.6 is 11.6 Å². The molecule has 0 bridgehead atoms. The molecule has 4 heteroatoms. The molecule has 0 aromatic heterocycles. The summed E-state index contributed by atoms with van der Waals surface area (Å²) < 4.78 is 13.2. The molecule has 142 valence electrons. The zero-order chi connectivity index (χ0) is 19.3. The lowest BCUT2D eigenvalue weighted by Gasteiger charge is -2.17. The minimum atomic E-state index is -0.211. The quantitative estimate of drug-likeness (QED) is 0.594. The van der Waals surface area contributed by atoms with Gasteiger partial charge in [-0.1, -0.05) is 60.1 Å². The summed E-state index contributed by atoms with van der Waals surface area (Å²) in [5.74, 6) is 0.815. The summed E-state index contributed by atoms with van der Waals surface area (Å²) in [6.45, 7) is 1.85. The van der Waals surface area contributed by atoms with Gasteiger partial charge in [0, 0.05) is 30.1 Å². The second-order valence-corrected chi connectivity index (χ2v) is 7.47. The molecule has 3 aromatic carbocycles. The summed E-state index contributed by atoms with van der Waals surface area (Å²) in [5.41, 5.74) is 5.57. The molecule has 4 rings (SSSR count). The Balaban J connectivity index is 1.65. The standard InChI is InChI=1S/C24H22ClFN2/c25-22-7-2-6-20(16-23-27-12-3-13-28-23)24(22)19-5-1-4-18(15-19)14-17-8-10-21(26)11-9-17/h1-2,4-11,15H,3,12-14,16H2,(H,27,28). The molecule has 0 saturated carbocycles. The van der Waals surface area contributed by atoms with Crippen LogP contribution in [0.4, 0.5) is 4.39 Å². The average molecular weight is 393 g/mol. The maximum Gasteiger partial charge on any atom is 0.123 e. The molecule has 28 heavy (non-hydrogen) atoms. The van der Waals surface area contributed by atoms with E-state index in [1.54, 1.807) is 0 Å². The second-order valence-electron chi connectivity index (χ2n) is 7.06. The number of nitrogens with zero attached hydrogens (tertiary/aromatic N) is 1. The van der Waals surface area contributed by atoms with Crippen LogP contribution in [0.3, 0.4) is 0 Å². The third-order valence-electron chi connectivity index (χ3n) is 4.96. The third-order valence-corrected chi connectivity index (χ3v) is 5.28. The van der Waals surface area contributed by atoms with Crippen molar-refractivity contribution in [1.82, 2.24) is 5.32 Å². The van der Waals surface area contributed by atoms with Gasteiger partial charge in [0.15, 0.2) is 0 Å². The summed E-state index contributed by atoms with van der Waals surface area (Å²) in [5, 5.41) is 4.13. The first-order chi connectivity index (χ1) is 13.7. The minimum Gasteiger partial charge on any atom is -0.373 e. The van der Waals surface area contributed by atoms with Crippen molar-refractivity contribution in [3.05, 3.63) is 94.3 Å². The molecular weight excluding hydrogens is 371 g/mol. The van der Waals surface area contributed by atoms with Gasteiger partial charge in [0.1, 0.15) is 11.7 Å². The summed E-state index contributed by atoms with van der Waals surface area (Å²) >= 11 is 6.61. The number of rotatable bonds is 5. The number of hydrogen-bond donors (Lipinski definition) is 1. The normalized spacial score (nSPS) is 13.7. The van der Waals surface area contributed by atoms with Crippen LogP contribution in [0.5, 0.6) is 0 Å². The van der Waals surface area contributed by atoms with Crippen LogP contribution in [0.2, 0.25) is 5.02 Å². The largest absolute Gasteiger partial charge is 0.373 e. The van der Waals surface area contributed by atoms with Crippen molar-refractivity contribution in [2.75, 3.05) is 13.1 Å². The van der Waals surface area contributed by atoms with E-state index in [9.17, 15) is 4.39 Å². The Morgan fingerprint density at radius 2 is 1.75 bits per heavy atom. The van der Waals surface area contributed by atoms with Gasteiger partial charge < -0.3 is 5.32 Å². The number of halogens is 2. The van der Waals surface area contributed by atoms with E-state index in [0.29, 0.717) is 0 Å². The third kappa shape index (κ3) is 4.42. The van der Waals surface area contributed by atoms with Gasteiger partial charge in [-0.05, 0) is 53.3 Å². The van der Waals surface area contributed by atoms with E-state index in [2.05, 4.69) is 40.6 Å². The van der Waals surface area contributed by atoms with E-state index in [0.717, 1.165) is 59.9 Å². The first kappa shape index (κ1) is 18.7. The lowest BCUT2D eigenvalue weighted by molar-refractivity contribution is 0.627. The van der Waals surface area contributed by atoms with Crippen molar-refractivity contribution >= 4 is 17.4 Å². The highest BCUT2D eigenvalue weighted by Gasteiger charge is 2.13. The number of benzene rings is 3. The topological polar surface area (TPSA) is 24.4 Å². The summed E-state index contributed by atoms with van der Waals surface area (Å²) in [7, 11) is 0. The lowest BCUT2D eigenvalue weighted by atomic mass is 9.94. The average Bonchev–Trinajstić information content (AvgIpc) is 2.71. The van der Waals surface area contributed by atoms with Crippen LogP contribution in [0.1, 0.15) is 23.1 Å². The zero-order valence-electron chi connectivity index (χ0n) is 15.6. The number of amidine groups is 1. The molecule has 0 amide bonds. The van der Waals surface area contributed by atoms with E-state index < -0.39 is 0 Å². The molecule has 0 atom stereocenters. The fourth-order valence-corrected chi connectivity index (χ4v) is 3.90.